The van der Waals surface area contributed by atoms with E-state index in [1.165, 1.54) is 12.8 Å². The van der Waals surface area contributed by atoms with Crippen LogP contribution in [0.15, 0.2) is 54.6 Å². The van der Waals surface area contributed by atoms with Gasteiger partial charge < -0.3 is 9.88 Å². The number of amides is 2. The van der Waals surface area contributed by atoms with Crippen molar-refractivity contribution in [3.63, 3.8) is 0 Å². The van der Waals surface area contributed by atoms with Gasteiger partial charge in [-0.1, -0.05) is 50.2 Å². The highest BCUT2D eigenvalue weighted by atomic mass is 16.2. The Hall–Kier alpha value is -3.19. The number of urea groups is 1. The fraction of sp³-hybridized carbons (Fsp3) is 0.500. The van der Waals surface area contributed by atoms with Gasteiger partial charge in [-0.2, -0.15) is 0 Å². The molecule has 0 spiro atoms. The van der Waals surface area contributed by atoms with E-state index >= 15 is 0 Å². The molecule has 1 N–H and O–H groups in total. The Balaban J connectivity index is 1.24. The van der Waals surface area contributed by atoms with Crippen molar-refractivity contribution in [2.75, 3.05) is 23.3 Å². The van der Waals surface area contributed by atoms with Gasteiger partial charge in [-0.05, 0) is 69.7 Å². The monoisotopic (exact) mass is 500 g/mol. The van der Waals surface area contributed by atoms with Crippen LogP contribution >= 0.6 is 0 Å². The Morgan fingerprint density at radius 3 is 2.32 bits per heavy atom. The normalized spacial score (nSPS) is 21.4. The minimum atomic E-state index is -0.0773. The van der Waals surface area contributed by atoms with Crippen LogP contribution in [0.2, 0.25) is 0 Å². The lowest BCUT2D eigenvalue weighted by Gasteiger charge is -2.40. The van der Waals surface area contributed by atoms with Gasteiger partial charge in [0.15, 0.2) is 0 Å². The van der Waals surface area contributed by atoms with Crippen LogP contribution in [0, 0.1) is 13.8 Å². The number of piperidine rings is 1. The Labute approximate surface area is 220 Å². The summed E-state index contributed by atoms with van der Waals surface area (Å²) >= 11 is 0. The topological polar surface area (TPSA) is 66.3 Å². The van der Waals surface area contributed by atoms with Gasteiger partial charge in [0.25, 0.3) is 0 Å². The third-order valence-corrected chi connectivity index (χ3v) is 8.13. The number of benzene rings is 2. The molecule has 2 saturated heterocycles. The van der Waals surface area contributed by atoms with Crippen LogP contribution in [-0.2, 0) is 0 Å². The van der Waals surface area contributed by atoms with Crippen molar-refractivity contribution in [3.05, 3.63) is 71.8 Å². The lowest BCUT2D eigenvalue weighted by Crippen LogP contribution is -2.45. The number of nitrogens with one attached hydrogen (secondary N) is 1. The molecule has 2 fully saturated rings. The second-order valence-corrected chi connectivity index (χ2v) is 11.0. The van der Waals surface area contributed by atoms with E-state index in [4.69, 9.17) is 0 Å². The van der Waals surface area contributed by atoms with Crippen molar-refractivity contribution in [1.29, 1.82) is 0 Å². The maximum Gasteiger partial charge on any atom is 0.326 e. The van der Waals surface area contributed by atoms with Gasteiger partial charge >= 0.3 is 6.03 Å². The first-order valence-corrected chi connectivity index (χ1v) is 13.8. The third-order valence-electron chi connectivity index (χ3n) is 8.13. The molecule has 2 unspecified atom stereocenters. The highest BCUT2D eigenvalue weighted by Gasteiger charge is 2.42. The zero-order chi connectivity index (χ0) is 25.9. The molecule has 3 heterocycles. The average molecular weight is 501 g/mol. The lowest BCUT2D eigenvalue weighted by molar-refractivity contribution is 0.104. The molecule has 1 aromatic heterocycles. The van der Waals surface area contributed by atoms with Gasteiger partial charge in [-0.15, -0.1) is 10.2 Å². The van der Waals surface area contributed by atoms with Gasteiger partial charge in [-0.25, -0.2) is 4.79 Å². The first kappa shape index (κ1) is 25.5. The van der Waals surface area contributed by atoms with E-state index in [0.29, 0.717) is 30.6 Å². The first-order valence-electron chi connectivity index (χ1n) is 13.8. The summed E-state index contributed by atoms with van der Waals surface area (Å²) in [6.07, 6.45) is 5.78. The quantitative estimate of drug-likeness (QED) is 0.393. The Bertz CT molecular complexity index is 1190. The van der Waals surface area contributed by atoms with Crippen molar-refractivity contribution in [3.8, 4) is 0 Å². The summed E-state index contributed by atoms with van der Waals surface area (Å²) in [5, 5.41) is 12.0. The fourth-order valence-electron chi connectivity index (χ4n) is 6.32. The molecule has 2 aromatic carbocycles. The number of hydrogen-bond donors (Lipinski definition) is 1. The molecule has 196 valence electrons. The molecule has 37 heavy (non-hydrogen) atoms. The van der Waals surface area contributed by atoms with Crippen LogP contribution in [0.1, 0.15) is 75.1 Å². The number of hydrogen-bond acceptors (Lipinski definition) is 4. The highest BCUT2D eigenvalue weighted by molar-refractivity contribution is 6.02. The predicted molar refractivity (Wildman–Crippen MR) is 149 cm³/mol. The molecule has 2 bridgehead atoms. The maximum atomic E-state index is 13.4. The molecule has 7 heteroatoms. The van der Waals surface area contributed by atoms with Gasteiger partial charge in [0.05, 0.1) is 0 Å². The predicted octanol–water partition coefficient (Wildman–Crippen LogP) is 6.32. The van der Waals surface area contributed by atoms with E-state index in [9.17, 15) is 4.79 Å². The van der Waals surface area contributed by atoms with E-state index in [0.717, 1.165) is 54.4 Å². The molecule has 2 amide bonds. The summed E-state index contributed by atoms with van der Waals surface area (Å²) in [6, 6.07) is 19.5. The Morgan fingerprint density at radius 2 is 1.65 bits per heavy atom. The highest BCUT2D eigenvalue weighted by Crippen LogP contribution is 2.42. The number of aryl methyl sites for hydroxylation is 2. The van der Waals surface area contributed by atoms with Gasteiger partial charge in [0, 0.05) is 48.5 Å². The zero-order valence-electron chi connectivity index (χ0n) is 22.6. The minimum absolute atomic E-state index is 0.0773. The SMILES string of the molecule is Cc1ccccc1NC(=O)N(CCCN1C2CCC1CC(n1c(C)nnc1C(C)C)C2)c1ccccc1. The molecule has 2 atom stereocenters. The second-order valence-electron chi connectivity index (χ2n) is 11.0. The van der Waals surface area contributed by atoms with Crippen molar-refractivity contribution < 1.29 is 4.79 Å². The van der Waals surface area contributed by atoms with E-state index in [1.54, 1.807) is 0 Å². The van der Waals surface area contributed by atoms with Crippen molar-refractivity contribution >= 4 is 17.4 Å². The number of para-hydroxylation sites is 2. The number of carbonyl (C=O) groups is 1. The fourth-order valence-corrected chi connectivity index (χ4v) is 6.32. The smallest absolute Gasteiger partial charge is 0.312 e. The zero-order valence-corrected chi connectivity index (χ0v) is 22.6. The Kier molecular flexibility index (Phi) is 7.60. The number of rotatable bonds is 8. The molecule has 2 aliphatic rings. The van der Waals surface area contributed by atoms with E-state index in [2.05, 4.69) is 45.8 Å². The van der Waals surface area contributed by atoms with Crippen LogP contribution in [0.3, 0.4) is 0 Å². The van der Waals surface area contributed by atoms with Crippen LogP contribution in [0.4, 0.5) is 16.2 Å². The average Bonchev–Trinajstić information content (AvgIpc) is 3.39. The molecular formula is C30H40N6O. The minimum Gasteiger partial charge on any atom is -0.312 e. The number of nitrogens with zero attached hydrogens (tertiary/aromatic N) is 5. The number of fused-ring (bicyclic) bond motifs is 2. The summed E-state index contributed by atoms with van der Waals surface area (Å²) in [4.78, 5) is 18.0. The molecular weight excluding hydrogens is 460 g/mol. The van der Waals surface area contributed by atoms with Gasteiger partial charge in [0.2, 0.25) is 0 Å². The van der Waals surface area contributed by atoms with Crippen LogP contribution in [-0.4, -0.2) is 50.9 Å². The first-order chi connectivity index (χ1) is 17.9. The maximum absolute atomic E-state index is 13.4. The van der Waals surface area contributed by atoms with Crippen LogP contribution in [0.25, 0.3) is 0 Å². The number of carbonyl (C=O) groups excluding carboxylic acids is 1. The summed E-state index contributed by atoms with van der Waals surface area (Å²) in [7, 11) is 0. The number of aromatic nitrogens is 3. The summed E-state index contributed by atoms with van der Waals surface area (Å²) in [5.74, 6) is 2.54. The summed E-state index contributed by atoms with van der Waals surface area (Å²) in [5.41, 5.74) is 2.85. The molecule has 7 nitrogen and oxygen atoms in total. The molecule has 0 saturated carbocycles. The summed E-state index contributed by atoms with van der Waals surface area (Å²) < 4.78 is 2.42. The summed E-state index contributed by atoms with van der Waals surface area (Å²) in [6.45, 7) is 10.2. The largest absolute Gasteiger partial charge is 0.326 e. The molecule has 0 radical (unpaired) electrons. The van der Waals surface area contributed by atoms with Crippen LogP contribution < -0.4 is 10.2 Å². The van der Waals surface area contributed by atoms with Crippen molar-refractivity contribution in [2.24, 2.45) is 0 Å². The lowest BCUT2D eigenvalue weighted by atomic mass is 9.96. The van der Waals surface area contributed by atoms with Gasteiger partial charge in [-0.3, -0.25) is 9.80 Å². The van der Waals surface area contributed by atoms with E-state index in [1.807, 2.05) is 66.4 Å². The standard InChI is InChI=1S/C30H40N6O/c1-21(2)29-33-32-23(4)36(29)27-19-25-15-16-26(20-27)34(25)17-10-18-35(24-12-6-5-7-13-24)30(37)31-28-14-9-8-11-22(28)3/h5-9,11-14,21,25-27H,10,15-20H2,1-4H3,(H,31,37). The van der Waals surface area contributed by atoms with Crippen molar-refractivity contribution in [2.45, 2.75) is 83.8 Å². The molecule has 2 aliphatic heterocycles. The van der Waals surface area contributed by atoms with E-state index in [-0.39, 0.29) is 6.03 Å². The molecule has 0 aliphatic carbocycles. The van der Waals surface area contributed by atoms with E-state index < -0.39 is 0 Å². The Morgan fingerprint density at radius 1 is 0.973 bits per heavy atom. The third kappa shape index (κ3) is 5.42. The number of anilines is 2. The van der Waals surface area contributed by atoms with Crippen LogP contribution in [0.5, 0.6) is 0 Å². The van der Waals surface area contributed by atoms with Crippen molar-refractivity contribution in [1.82, 2.24) is 19.7 Å². The molecule has 5 rings (SSSR count). The van der Waals surface area contributed by atoms with Gasteiger partial charge in [0.1, 0.15) is 11.6 Å². The molecule has 3 aromatic rings. The second kappa shape index (κ2) is 11.1.